The zero-order valence-corrected chi connectivity index (χ0v) is 15.7. The van der Waals surface area contributed by atoms with Crippen LogP contribution in [-0.2, 0) is 19.5 Å². The molecule has 0 fully saturated rings. The molecule has 0 saturated carbocycles. The minimum absolute atomic E-state index is 0. The number of benzene rings is 1. The van der Waals surface area contributed by atoms with Crippen molar-refractivity contribution in [1.29, 1.82) is 0 Å². The van der Waals surface area contributed by atoms with E-state index < -0.39 is 0 Å². The van der Waals surface area contributed by atoms with Gasteiger partial charge in [0.2, 0.25) is 0 Å². The van der Waals surface area contributed by atoms with Crippen molar-refractivity contribution in [3.05, 3.63) is 51.7 Å². The maximum Gasteiger partial charge on any atom is 0.191 e. The molecule has 22 heavy (non-hydrogen) atoms. The van der Waals surface area contributed by atoms with E-state index in [1.165, 1.54) is 17.0 Å². The summed E-state index contributed by atoms with van der Waals surface area (Å²) in [5.74, 6) is 0.444. The quantitative estimate of drug-likeness (QED) is 0.431. The van der Waals surface area contributed by atoms with E-state index in [0.717, 1.165) is 17.0 Å². The lowest BCUT2D eigenvalue weighted by atomic mass is 10.2. The van der Waals surface area contributed by atoms with Gasteiger partial charge in [-0.2, -0.15) is 0 Å². The van der Waals surface area contributed by atoms with Crippen molar-refractivity contribution in [2.45, 2.75) is 26.4 Å². The Morgan fingerprint density at radius 2 is 2.09 bits per heavy atom. The second-order valence-electron chi connectivity index (χ2n) is 4.48. The van der Waals surface area contributed by atoms with Crippen LogP contribution in [0.4, 0.5) is 4.39 Å². The summed E-state index contributed by atoms with van der Waals surface area (Å²) < 4.78 is 13.1. The minimum atomic E-state index is -0.230. The predicted molar refractivity (Wildman–Crippen MR) is 100 cm³/mol. The van der Waals surface area contributed by atoms with Gasteiger partial charge in [-0.15, -0.1) is 35.3 Å². The minimum Gasteiger partial charge on any atom is -0.352 e. The third-order valence-electron chi connectivity index (χ3n) is 2.93. The number of thiazole rings is 1. The van der Waals surface area contributed by atoms with Crippen molar-refractivity contribution in [1.82, 2.24) is 15.6 Å². The Morgan fingerprint density at radius 1 is 1.32 bits per heavy atom. The van der Waals surface area contributed by atoms with Crippen LogP contribution >= 0.6 is 35.3 Å². The van der Waals surface area contributed by atoms with Crippen LogP contribution in [0.25, 0.3) is 0 Å². The Balaban J connectivity index is 0.00000242. The van der Waals surface area contributed by atoms with Crippen LogP contribution in [0.3, 0.4) is 0 Å². The number of nitrogens with zero attached hydrogens (tertiary/aromatic N) is 2. The molecule has 120 valence electrons. The zero-order valence-electron chi connectivity index (χ0n) is 12.6. The highest BCUT2D eigenvalue weighted by Crippen LogP contribution is 2.12. The van der Waals surface area contributed by atoms with Gasteiger partial charge < -0.3 is 10.6 Å². The van der Waals surface area contributed by atoms with Crippen LogP contribution in [0.2, 0.25) is 0 Å². The summed E-state index contributed by atoms with van der Waals surface area (Å²) in [6.07, 6.45) is 2.91. The van der Waals surface area contributed by atoms with Crippen LogP contribution in [0.15, 0.2) is 35.5 Å². The smallest absolute Gasteiger partial charge is 0.191 e. The molecule has 0 unspecified atom stereocenters. The van der Waals surface area contributed by atoms with Crippen molar-refractivity contribution in [3.8, 4) is 0 Å². The Morgan fingerprint density at radius 3 is 2.73 bits per heavy atom. The molecular formula is C15H20FIN4S. The molecule has 0 spiro atoms. The van der Waals surface area contributed by atoms with Gasteiger partial charge in [-0.25, -0.2) is 9.37 Å². The van der Waals surface area contributed by atoms with Crippen molar-refractivity contribution in [3.63, 3.8) is 0 Å². The first-order valence-corrected chi connectivity index (χ1v) is 7.65. The van der Waals surface area contributed by atoms with Crippen LogP contribution in [0.5, 0.6) is 0 Å². The maximum atomic E-state index is 13.1. The molecule has 0 aliphatic carbocycles. The molecule has 0 atom stereocenters. The topological polar surface area (TPSA) is 49.3 Å². The van der Waals surface area contributed by atoms with E-state index >= 15 is 0 Å². The molecule has 1 aromatic carbocycles. The number of aryl methyl sites for hydroxylation is 1. The average Bonchev–Trinajstić information content (AvgIpc) is 2.95. The fraction of sp³-hybridized carbons (Fsp3) is 0.333. The first kappa shape index (κ1) is 18.8. The number of aromatic nitrogens is 1. The third kappa shape index (κ3) is 5.88. The normalized spacial score (nSPS) is 11.0. The lowest BCUT2D eigenvalue weighted by Gasteiger charge is -2.10. The molecule has 0 radical (unpaired) electrons. The molecule has 0 aliphatic rings. The summed E-state index contributed by atoms with van der Waals surface area (Å²) in [5, 5.41) is 7.38. The van der Waals surface area contributed by atoms with Gasteiger partial charge in [0.25, 0.3) is 0 Å². The molecule has 7 heteroatoms. The van der Waals surface area contributed by atoms with E-state index in [1.807, 2.05) is 12.3 Å². The monoisotopic (exact) mass is 434 g/mol. The van der Waals surface area contributed by atoms with Gasteiger partial charge in [0, 0.05) is 24.7 Å². The van der Waals surface area contributed by atoms with E-state index in [2.05, 4.69) is 27.5 Å². The van der Waals surface area contributed by atoms with Gasteiger partial charge in [0.1, 0.15) is 10.8 Å². The maximum absolute atomic E-state index is 13.1. The largest absolute Gasteiger partial charge is 0.352 e. The molecule has 0 aliphatic heterocycles. The molecular weight excluding hydrogens is 414 g/mol. The molecule has 2 N–H and O–H groups in total. The number of nitrogens with one attached hydrogen (secondary N) is 2. The summed E-state index contributed by atoms with van der Waals surface area (Å²) >= 11 is 1.70. The highest BCUT2D eigenvalue weighted by atomic mass is 127. The summed E-state index contributed by atoms with van der Waals surface area (Å²) in [5.41, 5.74) is 0.875. The summed E-state index contributed by atoms with van der Waals surface area (Å²) in [7, 11) is 1.71. The van der Waals surface area contributed by atoms with Gasteiger partial charge in [-0.05, 0) is 24.1 Å². The highest BCUT2D eigenvalue weighted by molar-refractivity contribution is 14.0. The summed E-state index contributed by atoms with van der Waals surface area (Å²) in [6.45, 7) is 3.27. The second kappa shape index (κ2) is 9.73. The zero-order chi connectivity index (χ0) is 15.1. The van der Waals surface area contributed by atoms with Crippen molar-refractivity contribution >= 4 is 41.3 Å². The number of aliphatic imine (C=N–C) groups is 1. The second-order valence-corrected chi connectivity index (χ2v) is 5.68. The molecule has 0 bridgehead atoms. The number of guanidine groups is 1. The Labute approximate surface area is 151 Å². The SMILES string of the molecule is CCc1cnc(CNC(=NC)NCc2cccc(F)c2)s1.I. The first-order chi connectivity index (χ1) is 10.2. The van der Waals surface area contributed by atoms with Gasteiger partial charge >= 0.3 is 0 Å². The highest BCUT2D eigenvalue weighted by Gasteiger charge is 2.03. The first-order valence-electron chi connectivity index (χ1n) is 6.83. The van der Waals surface area contributed by atoms with E-state index in [9.17, 15) is 4.39 Å². The molecule has 2 aromatic rings. The van der Waals surface area contributed by atoms with Gasteiger partial charge in [-0.3, -0.25) is 4.99 Å². The molecule has 0 amide bonds. The predicted octanol–water partition coefficient (Wildman–Crippen LogP) is 3.33. The van der Waals surface area contributed by atoms with E-state index in [4.69, 9.17) is 0 Å². The van der Waals surface area contributed by atoms with Crippen LogP contribution in [0.1, 0.15) is 22.4 Å². The van der Waals surface area contributed by atoms with Gasteiger partial charge in [0.15, 0.2) is 5.96 Å². The number of rotatable bonds is 5. The fourth-order valence-electron chi connectivity index (χ4n) is 1.81. The lowest BCUT2D eigenvalue weighted by molar-refractivity contribution is 0.624. The van der Waals surface area contributed by atoms with E-state index in [0.29, 0.717) is 19.0 Å². The van der Waals surface area contributed by atoms with Crippen molar-refractivity contribution in [2.24, 2.45) is 4.99 Å². The number of hydrogen-bond acceptors (Lipinski definition) is 3. The van der Waals surface area contributed by atoms with Crippen LogP contribution in [-0.4, -0.2) is 18.0 Å². The molecule has 1 aromatic heterocycles. The summed E-state index contributed by atoms with van der Waals surface area (Å²) in [6, 6.07) is 6.51. The number of halogens is 2. The lowest BCUT2D eigenvalue weighted by Crippen LogP contribution is -2.36. The molecule has 2 rings (SSSR count). The standard InChI is InChI=1S/C15H19FN4S.HI/c1-3-13-9-18-14(21-13)10-20-15(17-2)19-8-11-5-4-6-12(16)7-11;/h4-7,9H,3,8,10H2,1-2H3,(H2,17,19,20);1H. The Kier molecular flexibility index (Phi) is 8.32. The van der Waals surface area contributed by atoms with Gasteiger partial charge in [-0.1, -0.05) is 19.1 Å². The van der Waals surface area contributed by atoms with Gasteiger partial charge in [0.05, 0.1) is 6.54 Å². The Hall–Kier alpha value is -1.22. The number of hydrogen-bond donors (Lipinski definition) is 2. The van der Waals surface area contributed by atoms with Crippen molar-refractivity contribution in [2.75, 3.05) is 7.05 Å². The van der Waals surface area contributed by atoms with Crippen LogP contribution < -0.4 is 10.6 Å². The van der Waals surface area contributed by atoms with Crippen LogP contribution in [0, 0.1) is 5.82 Å². The molecule has 0 saturated heterocycles. The summed E-state index contributed by atoms with van der Waals surface area (Å²) in [4.78, 5) is 9.76. The third-order valence-corrected chi connectivity index (χ3v) is 4.07. The fourth-order valence-corrected chi connectivity index (χ4v) is 2.61. The molecule has 1 heterocycles. The average molecular weight is 434 g/mol. The van der Waals surface area contributed by atoms with E-state index in [1.54, 1.807) is 24.5 Å². The Bertz CT molecular complexity index is 615. The molecule has 4 nitrogen and oxygen atoms in total. The van der Waals surface area contributed by atoms with Crippen molar-refractivity contribution < 1.29 is 4.39 Å². The van der Waals surface area contributed by atoms with E-state index in [-0.39, 0.29) is 29.8 Å².